The first kappa shape index (κ1) is 23.4. The van der Waals surface area contributed by atoms with Crippen molar-refractivity contribution in [2.75, 3.05) is 17.2 Å². The molecule has 11 heteroatoms. The summed E-state index contributed by atoms with van der Waals surface area (Å²) in [6.45, 7) is -0.320. The highest BCUT2D eigenvalue weighted by atomic mass is 35.5. The van der Waals surface area contributed by atoms with Crippen LogP contribution in [-0.4, -0.2) is 34.5 Å². The lowest BCUT2D eigenvalue weighted by atomic mass is 10.1. The van der Waals surface area contributed by atoms with Crippen molar-refractivity contribution < 1.29 is 19.5 Å². The van der Waals surface area contributed by atoms with Crippen LogP contribution in [0.3, 0.4) is 0 Å². The fourth-order valence-corrected chi connectivity index (χ4v) is 3.21. The molecule has 0 heterocycles. The van der Waals surface area contributed by atoms with Crippen molar-refractivity contribution in [1.29, 1.82) is 0 Å². The van der Waals surface area contributed by atoms with E-state index in [2.05, 4.69) is 16.0 Å². The molecule has 0 aliphatic carbocycles. The molecule has 0 aliphatic rings. The number of carbonyl (C=O) groups excluding carboxylic acids is 2. The van der Waals surface area contributed by atoms with Crippen LogP contribution in [0, 0.1) is 0 Å². The van der Waals surface area contributed by atoms with E-state index >= 15 is 0 Å². The Morgan fingerprint density at radius 2 is 1.73 bits per heavy atom. The van der Waals surface area contributed by atoms with Crippen molar-refractivity contribution >= 4 is 69.7 Å². The lowest BCUT2D eigenvalue weighted by Crippen LogP contribution is -2.33. The largest absolute Gasteiger partial charge is 0.481 e. The number of thiocarbonyl (C=S) groups is 1. The zero-order valence-corrected chi connectivity index (χ0v) is 17.8. The fourth-order valence-electron chi connectivity index (χ4n) is 2.47. The Morgan fingerprint density at radius 3 is 2.33 bits per heavy atom. The number of anilines is 2. The number of carbonyl (C=O) groups is 3. The van der Waals surface area contributed by atoms with Crippen LogP contribution in [0.4, 0.5) is 11.4 Å². The quantitative estimate of drug-likeness (QED) is 0.375. The van der Waals surface area contributed by atoms with Gasteiger partial charge < -0.3 is 26.8 Å². The molecule has 0 aromatic heterocycles. The van der Waals surface area contributed by atoms with Gasteiger partial charge in [-0.05, 0) is 54.5 Å². The van der Waals surface area contributed by atoms with E-state index in [-0.39, 0.29) is 40.2 Å². The Hall–Kier alpha value is -2.88. The Kier molecular flexibility index (Phi) is 8.40. The molecule has 0 saturated heterocycles. The number of hydrogen-bond acceptors (Lipinski definition) is 4. The van der Waals surface area contributed by atoms with Gasteiger partial charge in [0.25, 0.3) is 5.91 Å². The van der Waals surface area contributed by atoms with Gasteiger partial charge in [0.2, 0.25) is 5.91 Å². The van der Waals surface area contributed by atoms with E-state index in [4.69, 9.17) is 46.3 Å². The number of carboxylic acid groups (broad SMARTS) is 1. The van der Waals surface area contributed by atoms with Gasteiger partial charge in [0.05, 0.1) is 22.3 Å². The third-order valence-electron chi connectivity index (χ3n) is 3.80. The van der Waals surface area contributed by atoms with Crippen LogP contribution in [0.2, 0.25) is 10.0 Å². The van der Waals surface area contributed by atoms with E-state index in [0.717, 1.165) is 0 Å². The number of carboxylic acids is 1. The molecular formula is C19H18Cl2N4O4S. The number of hydrogen-bond donors (Lipinski definition) is 5. The summed E-state index contributed by atoms with van der Waals surface area (Å²) in [6, 6.07) is 9.50. The van der Waals surface area contributed by atoms with E-state index in [1.54, 1.807) is 18.2 Å². The van der Waals surface area contributed by atoms with Gasteiger partial charge in [-0.1, -0.05) is 29.3 Å². The number of nitrogens with two attached hydrogens (primary N) is 1. The molecule has 6 N–H and O–H groups in total. The van der Waals surface area contributed by atoms with Gasteiger partial charge in [-0.15, -0.1) is 0 Å². The van der Waals surface area contributed by atoms with Crippen LogP contribution in [0.1, 0.15) is 22.3 Å². The topological polar surface area (TPSA) is 134 Å². The van der Waals surface area contributed by atoms with Crippen LogP contribution in [0.15, 0.2) is 36.4 Å². The average molecular weight is 469 g/mol. The molecule has 8 nitrogen and oxygen atoms in total. The molecule has 0 fully saturated rings. The first-order valence-electron chi connectivity index (χ1n) is 8.60. The number of aryl methyl sites for hydroxylation is 1. The van der Waals surface area contributed by atoms with Crippen molar-refractivity contribution in [3.05, 3.63) is 57.6 Å². The molecule has 0 bridgehead atoms. The predicted molar refractivity (Wildman–Crippen MR) is 120 cm³/mol. The Balaban J connectivity index is 1.97. The molecule has 0 radical (unpaired) electrons. The molecule has 0 atom stereocenters. The molecule has 2 aromatic rings. The van der Waals surface area contributed by atoms with Crippen LogP contribution in [0.25, 0.3) is 0 Å². The average Bonchev–Trinajstić information content (AvgIpc) is 2.67. The van der Waals surface area contributed by atoms with Gasteiger partial charge in [0.15, 0.2) is 5.11 Å². The molecule has 30 heavy (non-hydrogen) atoms. The van der Waals surface area contributed by atoms with E-state index in [9.17, 15) is 14.4 Å². The second-order valence-corrected chi connectivity index (χ2v) is 7.38. The first-order chi connectivity index (χ1) is 14.2. The second kappa shape index (κ2) is 10.8. The first-order valence-corrected chi connectivity index (χ1v) is 9.76. The zero-order chi connectivity index (χ0) is 22.3. The number of aliphatic carboxylic acids is 1. The Morgan fingerprint density at radius 1 is 1.07 bits per heavy atom. The van der Waals surface area contributed by atoms with Gasteiger partial charge in [0.1, 0.15) is 0 Å². The lowest BCUT2D eigenvalue weighted by molar-refractivity contribution is -0.137. The third kappa shape index (κ3) is 7.18. The third-order valence-corrected chi connectivity index (χ3v) is 4.49. The fraction of sp³-hybridized carbons (Fsp3) is 0.158. The van der Waals surface area contributed by atoms with Gasteiger partial charge >= 0.3 is 5.97 Å². The monoisotopic (exact) mass is 468 g/mol. The minimum Gasteiger partial charge on any atom is -0.481 e. The number of benzene rings is 2. The standard InChI is InChI=1S/C19H18Cl2N4O4S/c20-13-6-10(4-5-16(27)28)7-14(21)17(13)25-15(26)9-23-18(29)11-2-1-3-12(8-11)24-19(22)30/h1-3,6-8H,4-5,9H2,(H,23,29)(H,25,26)(H,27,28)(H3,22,24,30). The van der Waals surface area contributed by atoms with Gasteiger partial charge in [-0.25, -0.2) is 0 Å². The highest BCUT2D eigenvalue weighted by Crippen LogP contribution is 2.32. The van der Waals surface area contributed by atoms with Crippen LogP contribution < -0.4 is 21.7 Å². The molecule has 2 rings (SSSR count). The van der Waals surface area contributed by atoms with E-state index in [0.29, 0.717) is 16.8 Å². The summed E-state index contributed by atoms with van der Waals surface area (Å²) in [5.41, 5.74) is 7.07. The highest BCUT2D eigenvalue weighted by molar-refractivity contribution is 7.80. The zero-order valence-electron chi connectivity index (χ0n) is 15.5. The summed E-state index contributed by atoms with van der Waals surface area (Å²) in [5, 5.41) is 16.9. The smallest absolute Gasteiger partial charge is 0.303 e. The number of nitrogens with one attached hydrogen (secondary N) is 3. The molecule has 2 amide bonds. The van der Waals surface area contributed by atoms with Crippen LogP contribution >= 0.6 is 35.4 Å². The number of rotatable bonds is 8. The Labute approximate surface area is 187 Å². The SMILES string of the molecule is NC(=S)Nc1cccc(C(=O)NCC(=O)Nc2c(Cl)cc(CCC(=O)O)cc2Cl)c1. The maximum absolute atomic E-state index is 12.3. The molecule has 0 spiro atoms. The van der Waals surface area contributed by atoms with Crippen LogP contribution in [-0.2, 0) is 16.0 Å². The second-order valence-electron chi connectivity index (χ2n) is 6.13. The van der Waals surface area contributed by atoms with E-state index < -0.39 is 17.8 Å². The summed E-state index contributed by atoms with van der Waals surface area (Å²) in [7, 11) is 0. The molecule has 2 aromatic carbocycles. The van der Waals surface area contributed by atoms with Crippen LogP contribution in [0.5, 0.6) is 0 Å². The summed E-state index contributed by atoms with van der Waals surface area (Å²) in [5.74, 6) is -1.96. The number of halogens is 2. The number of amides is 2. The summed E-state index contributed by atoms with van der Waals surface area (Å²) < 4.78 is 0. The molecule has 0 unspecified atom stereocenters. The summed E-state index contributed by atoms with van der Waals surface area (Å²) in [6.07, 6.45) is 0.181. The van der Waals surface area contributed by atoms with Gasteiger partial charge in [-0.2, -0.15) is 0 Å². The van der Waals surface area contributed by atoms with Crippen molar-refractivity contribution in [1.82, 2.24) is 5.32 Å². The van der Waals surface area contributed by atoms with Crippen molar-refractivity contribution in [2.24, 2.45) is 5.73 Å². The van der Waals surface area contributed by atoms with Crippen molar-refractivity contribution in [3.8, 4) is 0 Å². The molecule has 0 saturated carbocycles. The van der Waals surface area contributed by atoms with Gasteiger partial charge in [0, 0.05) is 17.7 Å². The van der Waals surface area contributed by atoms with Crippen molar-refractivity contribution in [3.63, 3.8) is 0 Å². The van der Waals surface area contributed by atoms with E-state index in [1.807, 2.05) is 0 Å². The maximum atomic E-state index is 12.3. The predicted octanol–water partition coefficient (Wildman–Crippen LogP) is 3.03. The Bertz CT molecular complexity index is 977. The maximum Gasteiger partial charge on any atom is 0.303 e. The van der Waals surface area contributed by atoms with Crippen molar-refractivity contribution in [2.45, 2.75) is 12.8 Å². The van der Waals surface area contributed by atoms with Gasteiger partial charge in [-0.3, -0.25) is 14.4 Å². The van der Waals surface area contributed by atoms with E-state index in [1.165, 1.54) is 18.2 Å². The minimum absolute atomic E-state index is 0.0645. The molecule has 158 valence electrons. The normalized spacial score (nSPS) is 10.2. The summed E-state index contributed by atoms with van der Waals surface area (Å²) >= 11 is 17.1. The lowest BCUT2D eigenvalue weighted by Gasteiger charge is -2.12. The highest BCUT2D eigenvalue weighted by Gasteiger charge is 2.14. The summed E-state index contributed by atoms with van der Waals surface area (Å²) in [4.78, 5) is 35.1. The molecule has 0 aliphatic heterocycles. The minimum atomic E-state index is -0.942. The molecular weight excluding hydrogens is 451 g/mol.